The van der Waals surface area contributed by atoms with Gasteiger partial charge in [0.25, 0.3) is 0 Å². The number of benzene rings is 2. The number of nitrogens with one attached hydrogen (secondary N) is 2. The molecule has 0 heterocycles. The van der Waals surface area contributed by atoms with Gasteiger partial charge in [0.15, 0.2) is 0 Å². The Morgan fingerprint density at radius 2 is 1.67 bits per heavy atom. The molecule has 0 aliphatic rings. The van der Waals surface area contributed by atoms with E-state index in [1.807, 2.05) is 61.5 Å². The molecule has 5 nitrogen and oxygen atoms in total. The van der Waals surface area contributed by atoms with Crippen LogP contribution in [-0.2, 0) is 16.0 Å². The van der Waals surface area contributed by atoms with Crippen molar-refractivity contribution in [3.8, 4) is 0 Å². The summed E-state index contributed by atoms with van der Waals surface area (Å²) in [5, 5.41) is 11.4. The van der Waals surface area contributed by atoms with Crippen LogP contribution in [0.3, 0.4) is 0 Å². The van der Waals surface area contributed by atoms with Crippen LogP contribution in [-0.4, -0.2) is 17.0 Å². The van der Waals surface area contributed by atoms with Crippen molar-refractivity contribution in [3.05, 3.63) is 65.7 Å². The number of aryl methyl sites for hydroxylation is 1. The molecule has 1 unspecified atom stereocenters. The Labute approximate surface area is 141 Å². The van der Waals surface area contributed by atoms with E-state index >= 15 is 0 Å². The molecular weight excluding hydrogens is 304 g/mol. The first-order chi connectivity index (χ1) is 11.6. The van der Waals surface area contributed by atoms with Crippen molar-refractivity contribution in [2.45, 2.75) is 32.1 Å². The normalized spacial score (nSPS) is 11.6. The Balaban J connectivity index is 1.84. The van der Waals surface area contributed by atoms with Crippen molar-refractivity contribution in [2.75, 3.05) is 5.32 Å². The molecule has 0 bridgehead atoms. The van der Waals surface area contributed by atoms with E-state index < -0.39 is 5.91 Å². The van der Waals surface area contributed by atoms with Crippen LogP contribution in [0, 0.1) is 0 Å². The monoisotopic (exact) mass is 326 g/mol. The summed E-state index contributed by atoms with van der Waals surface area (Å²) >= 11 is 0. The van der Waals surface area contributed by atoms with Gasteiger partial charge >= 0.3 is 0 Å². The molecule has 2 rings (SSSR count). The third-order valence-corrected chi connectivity index (χ3v) is 3.86. The molecule has 0 aliphatic carbocycles. The Kier molecular flexibility index (Phi) is 6.51. The van der Waals surface area contributed by atoms with Crippen LogP contribution < -0.4 is 10.8 Å². The molecule has 2 aromatic rings. The Morgan fingerprint density at radius 3 is 2.29 bits per heavy atom. The van der Waals surface area contributed by atoms with Crippen molar-refractivity contribution < 1.29 is 14.8 Å². The van der Waals surface area contributed by atoms with Crippen LogP contribution in [0.15, 0.2) is 54.6 Å². The topological polar surface area (TPSA) is 78.4 Å². The lowest BCUT2D eigenvalue weighted by Gasteiger charge is -2.12. The number of hydroxylamine groups is 1. The highest BCUT2D eigenvalue weighted by Crippen LogP contribution is 2.19. The first-order valence-electron chi connectivity index (χ1n) is 7.95. The van der Waals surface area contributed by atoms with Crippen LogP contribution in [0.5, 0.6) is 0 Å². The number of hydrogen-bond acceptors (Lipinski definition) is 3. The second kappa shape index (κ2) is 8.84. The van der Waals surface area contributed by atoms with Gasteiger partial charge in [0.1, 0.15) is 0 Å². The highest BCUT2D eigenvalue weighted by molar-refractivity contribution is 5.91. The van der Waals surface area contributed by atoms with Gasteiger partial charge in [-0.25, -0.2) is 5.48 Å². The molecule has 0 aromatic heterocycles. The lowest BCUT2D eigenvalue weighted by molar-refractivity contribution is -0.129. The predicted octanol–water partition coefficient (Wildman–Crippen LogP) is 3.26. The summed E-state index contributed by atoms with van der Waals surface area (Å²) in [5.74, 6) is -0.288. The first-order valence-corrected chi connectivity index (χ1v) is 7.95. The largest absolute Gasteiger partial charge is 0.326 e. The van der Waals surface area contributed by atoms with Crippen LogP contribution in [0.25, 0.3) is 0 Å². The van der Waals surface area contributed by atoms with Gasteiger partial charge in [0.2, 0.25) is 11.8 Å². The average Bonchev–Trinajstić information content (AvgIpc) is 2.61. The smallest absolute Gasteiger partial charge is 0.243 e. The van der Waals surface area contributed by atoms with Crippen LogP contribution in [0.4, 0.5) is 5.69 Å². The van der Waals surface area contributed by atoms with E-state index in [9.17, 15) is 9.59 Å². The van der Waals surface area contributed by atoms with E-state index in [0.717, 1.165) is 16.8 Å². The maximum atomic E-state index is 12.1. The minimum atomic E-state index is -0.415. The van der Waals surface area contributed by atoms with Crippen molar-refractivity contribution >= 4 is 17.5 Å². The third-order valence-electron chi connectivity index (χ3n) is 3.86. The molecule has 0 radical (unpaired) electrons. The van der Waals surface area contributed by atoms with E-state index in [-0.39, 0.29) is 18.2 Å². The molecular formula is C19H22N2O3. The molecule has 24 heavy (non-hydrogen) atoms. The fourth-order valence-corrected chi connectivity index (χ4v) is 2.46. The van der Waals surface area contributed by atoms with Crippen molar-refractivity contribution in [1.82, 2.24) is 5.48 Å². The molecule has 2 aromatic carbocycles. The molecule has 0 fully saturated rings. The molecule has 0 spiro atoms. The van der Waals surface area contributed by atoms with Gasteiger partial charge in [-0.2, -0.15) is 0 Å². The zero-order chi connectivity index (χ0) is 17.4. The Bertz CT molecular complexity index is 669. The summed E-state index contributed by atoms with van der Waals surface area (Å²) in [7, 11) is 0. The highest BCUT2D eigenvalue weighted by atomic mass is 16.5. The fraction of sp³-hybridized carbons (Fsp3) is 0.263. The fourth-order valence-electron chi connectivity index (χ4n) is 2.46. The summed E-state index contributed by atoms with van der Waals surface area (Å²) in [4.78, 5) is 23.1. The molecule has 0 saturated heterocycles. The number of hydrogen-bond donors (Lipinski definition) is 3. The molecule has 0 aliphatic heterocycles. The summed E-state index contributed by atoms with van der Waals surface area (Å²) in [6.45, 7) is 2.03. The minimum Gasteiger partial charge on any atom is -0.326 e. The summed E-state index contributed by atoms with van der Waals surface area (Å²) in [6, 6.07) is 17.3. The summed E-state index contributed by atoms with van der Waals surface area (Å²) in [6.07, 6.45) is 1.17. The van der Waals surface area contributed by atoms with Gasteiger partial charge in [0, 0.05) is 18.5 Å². The average molecular weight is 326 g/mol. The summed E-state index contributed by atoms with van der Waals surface area (Å²) in [5.41, 5.74) is 4.45. The maximum absolute atomic E-state index is 12.1. The third kappa shape index (κ3) is 5.52. The number of anilines is 1. The van der Waals surface area contributed by atoms with Gasteiger partial charge in [0.05, 0.1) is 0 Å². The molecule has 3 N–H and O–H groups in total. The standard InChI is InChI=1S/C19H22N2O3/c1-14(16-5-3-2-4-6-16)13-19(23)20-17-10-7-15(8-11-17)9-12-18(22)21-24/h2-8,10-11,14,24H,9,12-13H2,1H3,(H,20,23)(H,21,22). The van der Waals surface area contributed by atoms with Gasteiger partial charge in [-0.15, -0.1) is 0 Å². The minimum absolute atomic E-state index is 0.0289. The zero-order valence-electron chi connectivity index (χ0n) is 13.7. The molecule has 5 heteroatoms. The zero-order valence-corrected chi connectivity index (χ0v) is 13.7. The van der Waals surface area contributed by atoms with E-state index in [1.54, 1.807) is 5.48 Å². The number of rotatable bonds is 7. The maximum Gasteiger partial charge on any atom is 0.243 e. The molecule has 0 saturated carbocycles. The Morgan fingerprint density at radius 1 is 1.00 bits per heavy atom. The number of amides is 2. The second-order valence-corrected chi connectivity index (χ2v) is 5.80. The van der Waals surface area contributed by atoms with Gasteiger partial charge in [-0.3, -0.25) is 14.8 Å². The van der Waals surface area contributed by atoms with Crippen LogP contribution in [0.2, 0.25) is 0 Å². The van der Waals surface area contributed by atoms with Gasteiger partial charge < -0.3 is 5.32 Å². The van der Waals surface area contributed by atoms with E-state index in [1.165, 1.54) is 0 Å². The van der Waals surface area contributed by atoms with Gasteiger partial charge in [-0.1, -0.05) is 49.4 Å². The second-order valence-electron chi connectivity index (χ2n) is 5.80. The van der Waals surface area contributed by atoms with Gasteiger partial charge in [-0.05, 0) is 35.6 Å². The molecule has 2 amide bonds. The lowest BCUT2D eigenvalue weighted by atomic mass is 9.97. The van der Waals surface area contributed by atoms with Crippen LogP contribution in [0.1, 0.15) is 36.8 Å². The van der Waals surface area contributed by atoms with E-state index in [2.05, 4.69) is 5.32 Å². The molecule has 126 valence electrons. The predicted molar refractivity (Wildman–Crippen MR) is 92.8 cm³/mol. The van der Waals surface area contributed by atoms with E-state index in [0.29, 0.717) is 12.8 Å². The quantitative estimate of drug-likeness (QED) is 0.540. The number of carbonyl (C=O) groups is 2. The van der Waals surface area contributed by atoms with Crippen LogP contribution >= 0.6 is 0 Å². The lowest BCUT2D eigenvalue weighted by Crippen LogP contribution is -2.18. The summed E-state index contributed by atoms with van der Waals surface area (Å²) < 4.78 is 0. The van der Waals surface area contributed by atoms with E-state index in [4.69, 9.17) is 5.21 Å². The van der Waals surface area contributed by atoms with Crippen molar-refractivity contribution in [1.29, 1.82) is 0 Å². The van der Waals surface area contributed by atoms with Crippen molar-refractivity contribution in [2.24, 2.45) is 0 Å². The number of carbonyl (C=O) groups excluding carboxylic acids is 2. The first kappa shape index (κ1) is 17.7. The Hall–Kier alpha value is -2.66. The highest BCUT2D eigenvalue weighted by Gasteiger charge is 2.11. The SMILES string of the molecule is CC(CC(=O)Nc1ccc(CCC(=O)NO)cc1)c1ccccc1. The van der Waals surface area contributed by atoms with Crippen molar-refractivity contribution in [3.63, 3.8) is 0 Å². The molecule has 1 atom stereocenters.